The number of pyridine rings is 1. The van der Waals surface area contributed by atoms with Crippen molar-refractivity contribution in [2.75, 3.05) is 32.7 Å². The Morgan fingerprint density at radius 2 is 1.86 bits per heavy atom. The predicted octanol–water partition coefficient (Wildman–Crippen LogP) is 2.50. The number of amides is 3. The van der Waals surface area contributed by atoms with E-state index in [2.05, 4.69) is 20.9 Å². The summed E-state index contributed by atoms with van der Waals surface area (Å²) in [4.78, 5) is 27.7. The van der Waals surface area contributed by atoms with E-state index in [4.69, 9.17) is 14.2 Å². The molecule has 0 saturated carbocycles. The molecule has 156 valence electrons. The Morgan fingerprint density at radius 1 is 1.10 bits per heavy atom. The van der Waals surface area contributed by atoms with Crippen LogP contribution in [0.4, 0.5) is 10.5 Å². The maximum Gasteiger partial charge on any atom is 0.319 e. The second-order valence-electron chi connectivity index (χ2n) is 6.06. The molecule has 1 aromatic heterocycles. The van der Waals surface area contributed by atoms with Crippen molar-refractivity contribution < 1.29 is 23.8 Å². The Balaban J connectivity index is 1.85. The molecular weight excluding hydrogens is 376 g/mol. The van der Waals surface area contributed by atoms with Gasteiger partial charge < -0.3 is 30.2 Å². The fourth-order valence-electron chi connectivity index (χ4n) is 2.50. The Morgan fingerprint density at radius 3 is 2.48 bits per heavy atom. The molecule has 9 heteroatoms. The molecule has 2 aromatic rings. The van der Waals surface area contributed by atoms with E-state index in [-0.39, 0.29) is 30.5 Å². The Kier molecular flexibility index (Phi) is 8.08. The highest BCUT2D eigenvalue weighted by molar-refractivity contribution is 5.88. The van der Waals surface area contributed by atoms with Crippen LogP contribution in [0.3, 0.4) is 0 Å². The van der Waals surface area contributed by atoms with Crippen LogP contribution in [0.25, 0.3) is 0 Å². The first kappa shape index (κ1) is 21.8. The number of rotatable bonds is 9. The molecule has 3 N–H and O–H groups in total. The third kappa shape index (κ3) is 6.56. The molecule has 0 saturated heterocycles. The average molecular weight is 402 g/mol. The van der Waals surface area contributed by atoms with Crippen molar-refractivity contribution in [2.45, 2.75) is 19.9 Å². The zero-order valence-electron chi connectivity index (χ0n) is 16.9. The van der Waals surface area contributed by atoms with Gasteiger partial charge in [-0.1, -0.05) is 6.07 Å². The van der Waals surface area contributed by atoms with Gasteiger partial charge in [-0.15, -0.1) is 0 Å². The second kappa shape index (κ2) is 10.7. The van der Waals surface area contributed by atoms with Crippen molar-refractivity contribution in [1.82, 2.24) is 15.6 Å². The van der Waals surface area contributed by atoms with Crippen molar-refractivity contribution in [2.24, 2.45) is 0 Å². The minimum Gasteiger partial charge on any atom is -0.493 e. The molecule has 1 heterocycles. The van der Waals surface area contributed by atoms with E-state index in [1.54, 1.807) is 32.4 Å². The van der Waals surface area contributed by atoms with Crippen LogP contribution in [-0.2, 0) is 4.79 Å². The van der Waals surface area contributed by atoms with Crippen LogP contribution in [-0.4, -0.2) is 44.3 Å². The van der Waals surface area contributed by atoms with Crippen LogP contribution in [0, 0.1) is 0 Å². The summed E-state index contributed by atoms with van der Waals surface area (Å²) >= 11 is 0. The van der Waals surface area contributed by atoms with Crippen LogP contribution in [0.1, 0.15) is 25.5 Å². The molecule has 0 spiro atoms. The number of urea groups is 1. The van der Waals surface area contributed by atoms with E-state index < -0.39 is 0 Å². The van der Waals surface area contributed by atoms with E-state index in [1.165, 1.54) is 6.20 Å². The highest BCUT2D eigenvalue weighted by atomic mass is 16.5. The monoisotopic (exact) mass is 402 g/mol. The van der Waals surface area contributed by atoms with Gasteiger partial charge in [0.2, 0.25) is 5.88 Å². The van der Waals surface area contributed by atoms with Crippen molar-refractivity contribution in [3.8, 4) is 17.4 Å². The summed E-state index contributed by atoms with van der Waals surface area (Å²) in [6, 6.07) is 8.11. The fourth-order valence-corrected chi connectivity index (χ4v) is 2.50. The van der Waals surface area contributed by atoms with Gasteiger partial charge in [-0.3, -0.25) is 4.79 Å². The smallest absolute Gasteiger partial charge is 0.319 e. The van der Waals surface area contributed by atoms with E-state index in [9.17, 15) is 9.59 Å². The molecule has 0 aliphatic carbocycles. The van der Waals surface area contributed by atoms with E-state index in [0.717, 1.165) is 5.56 Å². The zero-order valence-corrected chi connectivity index (χ0v) is 16.9. The van der Waals surface area contributed by atoms with Gasteiger partial charge in [0.25, 0.3) is 5.91 Å². The molecule has 3 amide bonds. The SMILES string of the molecule is CCNC(=O)Nc1ccc(OCC(=O)N[C@H](C)c2ccc(OC)c(OC)c2)nc1. The quantitative estimate of drug-likeness (QED) is 0.594. The highest BCUT2D eigenvalue weighted by Gasteiger charge is 2.13. The number of ether oxygens (including phenoxy) is 3. The van der Waals surface area contributed by atoms with Crippen LogP contribution < -0.4 is 30.2 Å². The average Bonchev–Trinajstić information content (AvgIpc) is 2.72. The van der Waals surface area contributed by atoms with Gasteiger partial charge in [-0.2, -0.15) is 0 Å². The van der Waals surface area contributed by atoms with Crippen molar-refractivity contribution >= 4 is 17.6 Å². The Labute approximate surface area is 169 Å². The normalized spacial score (nSPS) is 11.2. The van der Waals surface area contributed by atoms with Gasteiger partial charge in [0, 0.05) is 12.6 Å². The number of carbonyl (C=O) groups excluding carboxylic acids is 2. The summed E-state index contributed by atoms with van der Waals surface area (Å²) in [5.74, 6) is 1.20. The number of hydrogen-bond acceptors (Lipinski definition) is 6. The summed E-state index contributed by atoms with van der Waals surface area (Å²) in [5, 5.41) is 8.10. The lowest BCUT2D eigenvalue weighted by Crippen LogP contribution is -2.31. The fraction of sp³-hybridized carbons (Fsp3) is 0.350. The number of benzene rings is 1. The maximum atomic E-state index is 12.2. The minimum absolute atomic E-state index is 0.187. The standard InChI is InChI=1S/C20H26N4O5/c1-5-21-20(26)24-15-7-9-19(22-11-15)29-12-18(25)23-13(2)14-6-8-16(27-3)17(10-14)28-4/h6-11,13H,5,12H2,1-4H3,(H,23,25)(H2,21,24,26)/t13-/m1/s1. The molecule has 0 unspecified atom stereocenters. The number of methoxy groups -OCH3 is 2. The summed E-state index contributed by atoms with van der Waals surface area (Å²) in [7, 11) is 3.12. The third-order valence-corrected chi connectivity index (χ3v) is 3.97. The molecule has 0 fully saturated rings. The van der Waals surface area contributed by atoms with Crippen LogP contribution >= 0.6 is 0 Å². The lowest BCUT2D eigenvalue weighted by atomic mass is 10.1. The van der Waals surface area contributed by atoms with Crippen molar-refractivity contribution in [1.29, 1.82) is 0 Å². The third-order valence-electron chi connectivity index (χ3n) is 3.97. The molecule has 2 rings (SSSR count). The number of carbonyl (C=O) groups is 2. The molecule has 0 bridgehead atoms. The minimum atomic E-state index is -0.313. The highest BCUT2D eigenvalue weighted by Crippen LogP contribution is 2.29. The van der Waals surface area contributed by atoms with E-state index >= 15 is 0 Å². The summed E-state index contributed by atoms with van der Waals surface area (Å²) in [5.41, 5.74) is 1.39. The first-order chi connectivity index (χ1) is 14.0. The number of hydrogen-bond donors (Lipinski definition) is 3. The van der Waals surface area contributed by atoms with Crippen molar-refractivity contribution in [3.05, 3.63) is 42.1 Å². The topological polar surface area (TPSA) is 111 Å². The Hall–Kier alpha value is -3.49. The van der Waals surface area contributed by atoms with Crippen molar-refractivity contribution in [3.63, 3.8) is 0 Å². The van der Waals surface area contributed by atoms with Gasteiger partial charge in [0.15, 0.2) is 18.1 Å². The van der Waals surface area contributed by atoms with Gasteiger partial charge in [0.1, 0.15) is 0 Å². The molecule has 1 atom stereocenters. The zero-order chi connectivity index (χ0) is 21.2. The van der Waals surface area contributed by atoms with Gasteiger partial charge in [-0.25, -0.2) is 9.78 Å². The number of aromatic nitrogens is 1. The number of anilines is 1. The second-order valence-corrected chi connectivity index (χ2v) is 6.06. The van der Waals surface area contributed by atoms with Gasteiger partial charge in [0.05, 0.1) is 32.1 Å². The first-order valence-corrected chi connectivity index (χ1v) is 9.11. The van der Waals surface area contributed by atoms with Gasteiger partial charge >= 0.3 is 6.03 Å². The first-order valence-electron chi connectivity index (χ1n) is 9.11. The molecule has 0 aliphatic rings. The molecule has 0 radical (unpaired) electrons. The molecular formula is C20H26N4O5. The van der Waals surface area contributed by atoms with E-state index in [0.29, 0.717) is 23.7 Å². The molecule has 1 aromatic carbocycles. The summed E-state index contributed by atoms with van der Waals surface area (Å²) in [6.45, 7) is 4.02. The van der Waals surface area contributed by atoms with Crippen LogP contribution in [0.15, 0.2) is 36.5 Å². The lowest BCUT2D eigenvalue weighted by Gasteiger charge is -2.16. The number of nitrogens with one attached hydrogen (secondary N) is 3. The predicted molar refractivity (Wildman–Crippen MR) is 109 cm³/mol. The summed E-state index contributed by atoms with van der Waals surface area (Å²) in [6.07, 6.45) is 1.45. The lowest BCUT2D eigenvalue weighted by molar-refractivity contribution is -0.123. The van der Waals surface area contributed by atoms with Crippen LogP contribution in [0.5, 0.6) is 17.4 Å². The summed E-state index contributed by atoms with van der Waals surface area (Å²) < 4.78 is 15.9. The largest absolute Gasteiger partial charge is 0.493 e. The van der Waals surface area contributed by atoms with Crippen LogP contribution in [0.2, 0.25) is 0 Å². The molecule has 29 heavy (non-hydrogen) atoms. The molecule has 0 aliphatic heterocycles. The Bertz CT molecular complexity index is 826. The van der Waals surface area contributed by atoms with Gasteiger partial charge in [-0.05, 0) is 37.6 Å². The maximum absolute atomic E-state index is 12.2. The number of nitrogens with zero attached hydrogens (tertiary/aromatic N) is 1. The van der Waals surface area contributed by atoms with E-state index in [1.807, 2.05) is 26.0 Å². The molecule has 9 nitrogen and oxygen atoms in total.